The summed E-state index contributed by atoms with van der Waals surface area (Å²) >= 11 is 2.80. The lowest BCUT2D eigenvalue weighted by Crippen LogP contribution is -3.00. The fraction of sp³-hybridized carbons (Fsp3) is 0.167. The second-order valence-corrected chi connectivity index (χ2v) is 7.02. The summed E-state index contributed by atoms with van der Waals surface area (Å²) in [6.45, 7) is 0. The van der Waals surface area contributed by atoms with Crippen LogP contribution in [-0.4, -0.2) is 13.4 Å². The highest BCUT2D eigenvalue weighted by Crippen LogP contribution is 2.34. The first kappa shape index (κ1) is 19.8. The van der Waals surface area contributed by atoms with Gasteiger partial charge >= 0.3 is 5.95 Å². The fourth-order valence-corrected chi connectivity index (χ4v) is 4.29. The van der Waals surface area contributed by atoms with Crippen LogP contribution in [0.1, 0.15) is 12.0 Å². The predicted molar refractivity (Wildman–Crippen MR) is 75.1 cm³/mol. The normalized spacial score (nSPS) is 11.3. The molecule has 0 aliphatic heterocycles. The first-order valence-electron chi connectivity index (χ1n) is 5.82. The number of alkyl halides is 2. The molecular formula is C12H10Br2F3N3O2S. The van der Waals surface area contributed by atoms with E-state index in [-0.39, 0.29) is 27.4 Å². The molecule has 2 N–H and O–H groups in total. The first-order valence-corrected chi connectivity index (χ1v) is 8.26. The van der Waals surface area contributed by atoms with Gasteiger partial charge in [0.1, 0.15) is 12.0 Å². The van der Waals surface area contributed by atoms with E-state index in [0.717, 1.165) is 4.57 Å². The lowest BCUT2D eigenvalue weighted by atomic mass is 10.2. The molecule has 0 saturated heterocycles. The van der Waals surface area contributed by atoms with Crippen LogP contribution in [-0.2, 0) is 15.7 Å². The molecule has 2 aromatic rings. The van der Waals surface area contributed by atoms with Crippen LogP contribution in [0.15, 0.2) is 40.0 Å². The summed E-state index contributed by atoms with van der Waals surface area (Å²) in [4.78, 5) is 3.14. The van der Waals surface area contributed by atoms with E-state index in [2.05, 4.69) is 20.9 Å². The maximum Gasteiger partial charge on any atom is 0.390 e. The van der Waals surface area contributed by atoms with E-state index in [0.29, 0.717) is 12.1 Å². The van der Waals surface area contributed by atoms with Gasteiger partial charge in [0.15, 0.2) is 5.88 Å². The smallest absolute Gasteiger partial charge is 0.390 e. The number of halogens is 5. The Hall–Kier alpha value is -1.20. The quantitative estimate of drug-likeness (QED) is 0.588. The van der Waals surface area contributed by atoms with Crippen LogP contribution >= 0.6 is 15.9 Å². The number of rotatable bonds is 4. The van der Waals surface area contributed by atoms with Crippen LogP contribution in [0.25, 0.3) is 0 Å². The highest BCUT2D eigenvalue weighted by Gasteiger charge is 2.26. The summed E-state index contributed by atoms with van der Waals surface area (Å²) in [6.07, 6.45) is -0.290. The zero-order valence-electron chi connectivity index (χ0n) is 11.3. The average Bonchev–Trinajstić information content (AvgIpc) is 2.43. The van der Waals surface area contributed by atoms with Gasteiger partial charge in [0.25, 0.3) is 6.43 Å². The molecule has 0 fully saturated rings. The standard InChI is InChI=1S/C12H9BrF3N3O2S.BrH/c13-10-8(11(15)16)4-7(14)5-9(10)22(20,21)6-19-3-1-2-18-12(19)17;/h1-5,11,17H,6H2;1H. The molecule has 0 radical (unpaired) electrons. The number of aromatic nitrogens is 2. The fourth-order valence-electron chi connectivity index (χ4n) is 1.74. The number of hydrogen-bond donors (Lipinski definition) is 1. The van der Waals surface area contributed by atoms with Gasteiger partial charge in [-0.05, 0) is 28.1 Å². The number of hydrogen-bond acceptors (Lipinski definition) is 4. The zero-order chi connectivity index (χ0) is 16.5. The third kappa shape index (κ3) is 4.42. The van der Waals surface area contributed by atoms with Gasteiger partial charge in [-0.15, -0.1) is 0 Å². The van der Waals surface area contributed by atoms with Crippen LogP contribution in [0.5, 0.6) is 0 Å². The van der Waals surface area contributed by atoms with Crippen molar-refractivity contribution in [3.63, 3.8) is 0 Å². The highest BCUT2D eigenvalue weighted by atomic mass is 79.9. The monoisotopic (exact) mass is 475 g/mol. The Labute approximate surface area is 149 Å². The van der Waals surface area contributed by atoms with Crippen molar-refractivity contribution in [2.24, 2.45) is 0 Å². The van der Waals surface area contributed by atoms with Gasteiger partial charge in [-0.1, -0.05) is 4.98 Å². The molecular weight excluding hydrogens is 467 g/mol. The number of nitrogens with two attached hydrogens (primary N) is 1. The van der Waals surface area contributed by atoms with Crippen molar-refractivity contribution in [3.8, 4) is 0 Å². The summed E-state index contributed by atoms with van der Waals surface area (Å²) in [7, 11) is -4.12. The summed E-state index contributed by atoms with van der Waals surface area (Å²) in [6, 6.07) is 2.72. The minimum Gasteiger partial charge on any atom is -1.00 e. The van der Waals surface area contributed by atoms with Crippen molar-refractivity contribution in [2.45, 2.75) is 17.2 Å². The number of sulfone groups is 1. The second-order valence-electron chi connectivity index (χ2n) is 4.30. The van der Waals surface area contributed by atoms with Crippen molar-refractivity contribution in [1.29, 1.82) is 0 Å². The Balaban J connectivity index is 0.00000264. The van der Waals surface area contributed by atoms with E-state index in [9.17, 15) is 21.6 Å². The Kier molecular flexibility index (Phi) is 6.54. The lowest BCUT2D eigenvalue weighted by Gasteiger charge is -2.11. The molecule has 0 aliphatic carbocycles. The molecule has 1 heterocycles. The molecule has 2 rings (SSSR count). The van der Waals surface area contributed by atoms with Crippen LogP contribution in [0.4, 0.5) is 19.1 Å². The molecule has 0 spiro atoms. The molecule has 5 nitrogen and oxygen atoms in total. The number of benzene rings is 1. The number of nitrogens with zero attached hydrogens (tertiary/aromatic N) is 2. The van der Waals surface area contributed by atoms with Crippen molar-refractivity contribution in [1.82, 2.24) is 4.98 Å². The number of anilines is 1. The third-order valence-corrected chi connectivity index (χ3v) is 5.52. The molecule has 1 aromatic heterocycles. The van der Waals surface area contributed by atoms with E-state index in [1.54, 1.807) is 0 Å². The Morgan fingerprint density at radius 2 is 2.00 bits per heavy atom. The van der Waals surface area contributed by atoms with Gasteiger partial charge in [0.2, 0.25) is 9.84 Å². The van der Waals surface area contributed by atoms with Crippen LogP contribution in [0.3, 0.4) is 0 Å². The van der Waals surface area contributed by atoms with E-state index in [1.165, 1.54) is 18.5 Å². The SMILES string of the molecule is Nc1nccc[n+]1CS(=O)(=O)c1cc(F)cc(C(F)F)c1Br.[Br-]. The molecule has 23 heavy (non-hydrogen) atoms. The van der Waals surface area contributed by atoms with Crippen molar-refractivity contribution >= 4 is 31.7 Å². The van der Waals surface area contributed by atoms with E-state index in [1.807, 2.05) is 0 Å². The summed E-state index contributed by atoms with van der Waals surface area (Å²) in [5.74, 6) is -1.80. The van der Waals surface area contributed by atoms with Crippen molar-refractivity contribution in [3.05, 3.63) is 46.4 Å². The zero-order valence-corrected chi connectivity index (χ0v) is 15.2. The summed E-state index contributed by atoms with van der Waals surface area (Å²) in [5, 5.41) is 0. The van der Waals surface area contributed by atoms with Gasteiger partial charge < -0.3 is 17.0 Å². The molecule has 0 atom stereocenters. The van der Waals surface area contributed by atoms with E-state index < -0.39 is 38.4 Å². The molecule has 0 saturated carbocycles. The Morgan fingerprint density at radius 1 is 1.35 bits per heavy atom. The number of nitrogen functional groups attached to an aromatic ring is 1. The third-order valence-electron chi connectivity index (χ3n) is 2.76. The average molecular weight is 477 g/mol. The molecule has 1 aromatic carbocycles. The largest absolute Gasteiger partial charge is 1.00 e. The summed E-state index contributed by atoms with van der Waals surface area (Å²) < 4.78 is 64.6. The van der Waals surface area contributed by atoms with Gasteiger partial charge in [0.05, 0.1) is 11.1 Å². The van der Waals surface area contributed by atoms with Crippen molar-refractivity contribution in [2.75, 3.05) is 5.73 Å². The summed E-state index contributed by atoms with van der Waals surface area (Å²) in [5.41, 5.74) is 4.80. The molecule has 0 amide bonds. The van der Waals surface area contributed by atoms with Gasteiger partial charge in [0, 0.05) is 16.1 Å². The maximum atomic E-state index is 13.5. The molecule has 11 heteroatoms. The van der Waals surface area contributed by atoms with Gasteiger partial charge in [-0.2, -0.15) is 0 Å². The van der Waals surface area contributed by atoms with Crippen LogP contribution < -0.4 is 27.3 Å². The Morgan fingerprint density at radius 3 is 2.57 bits per heavy atom. The van der Waals surface area contributed by atoms with E-state index in [4.69, 9.17) is 5.73 Å². The highest BCUT2D eigenvalue weighted by molar-refractivity contribution is 9.10. The minimum atomic E-state index is -4.12. The van der Waals surface area contributed by atoms with Crippen molar-refractivity contribution < 1.29 is 43.1 Å². The molecule has 0 aliphatic rings. The van der Waals surface area contributed by atoms with Crippen LogP contribution in [0.2, 0.25) is 0 Å². The Bertz CT molecular complexity index is 819. The predicted octanol–water partition coefficient (Wildman–Crippen LogP) is -0.774. The first-order chi connectivity index (χ1) is 10.2. The molecule has 126 valence electrons. The molecule has 0 unspecified atom stereocenters. The van der Waals surface area contributed by atoms with Crippen LogP contribution in [0, 0.1) is 5.82 Å². The minimum absolute atomic E-state index is 0. The van der Waals surface area contributed by atoms with E-state index >= 15 is 0 Å². The van der Waals surface area contributed by atoms with Gasteiger partial charge in [-0.25, -0.2) is 26.2 Å². The second kappa shape index (κ2) is 7.58. The van der Waals surface area contributed by atoms with Gasteiger partial charge in [-0.3, -0.25) is 5.73 Å². The molecule has 0 bridgehead atoms. The maximum absolute atomic E-state index is 13.5. The topological polar surface area (TPSA) is 76.9 Å². The lowest BCUT2D eigenvalue weighted by molar-refractivity contribution is -0.665.